The normalized spacial score (nSPS) is 20.0. The van der Waals surface area contributed by atoms with Gasteiger partial charge in [-0.3, -0.25) is 4.79 Å². The van der Waals surface area contributed by atoms with Gasteiger partial charge in [0.15, 0.2) is 11.7 Å². The molecule has 0 aliphatic carbocycles. The molecule has 1 N–H and O–H groups in total. The molecular formula is C17H20ClN5O3. The first-order valence-corrected chi connectivity index (χ1v) is 8.83. The molecule has 0 spiro atoms. The summed E-state index contributed by atoms with van der Waals surface area (Å²) in [5.74, 6) is 0.532. The number of nitrogens with one attached hydrogen (secondary N) is 1. The molecule has 2 aromatic rings. The molecule has 3 rings (SSSR count). The second-order valence-corrected chi connectivity index (χ2v) is 6.35. The lowest BCUT2D eigenvalue weighted by Crippen LogP contribution is -2.49. The van der Waals surface area contributed by atoms with Crippen molar-refractivity contribution in [1.82, 2.24) is 19.4 Å². The molecule has 0 bridgehead atoms. The second kappa shape index (κ2) is 7.74. The van der Waals surface area contributed by atoms with Crippen LogP contribution in [0.1, 0.15) is 19.8 Å². The van der Waals surface area contributed by atoms with Crippen LogP contribution >= 0.6 is 11.6 Å². The number of anilines is 1. The third-order valence-electron chi connectivity index (χ3n) is 4.54. The van der Waals surface area contributed by atoms with Crippen LogP contribution in [0.5, 0.6) is 0 Å². The van der Waals surface area contributed by atoms with Crippen LogP contribution in [0.25, 0.3) is 11.0 Å². The number of fused-ring (bicyclic) bond motifs is 1. The van der Waals surface area contributed by atoms with Crippen molar-refractivity contribution in [3.8, 4) is 0 Å². The van der Waals surface area contributed by atoms with E-state index in [9.17, 15) is 9.59 Å². The number of piperidine rings is 1. The first-order chi connectivity index (χ1) is 12.5. The van der Waals surface area contributed by atoms with E-state index in [1.165, 1.54) is 17.0 Å². The molecule has 0 radical (unpaired) electrons. The number of carbonyl (C=O) groups is 2. The summed E-state index contributed by atoms with van der Waals surface area (Å²) in [7, 11) is 0. The molecule has 0 saturated carbocycles. The fraction of sp³-hybridized carbons (Fsp3) is 0.412. The van der Waals surface area contributed by atoms with Crippen molar-refractivity contribution < 1.29 is 14.3 Å². The molecule has 0 unspecified atom stereocenters. The van der Waals surface area contributed by atoms with Gasteiger partial charge in [0.05, 0.1) is 5.39 Å². The Morgan fingerprint density at radius 2 is 2.27 bits per heavy atom. The molecule has 2 atom stereocenters. The molecule has 1 amide bonds. The number of alkyl halides is 1. The largest absolute Gasteiger partial charge is 0.433 e. The number of hydrogen-bond acceptors (Lipinski definition) is 6. The molecule has 8 nitrogen and oxygen atoms in total. The summed E-state index contributed by atoms with van der Waals surface area (Å²) in [5.41, 5.74) is 0.431. The molecule has 1 fully saturated rings. The van der Waals surface area contributed by atoms with Crippen molar-refractivity contribution in [2.75, 3.05) is 17.9 Å². The Hall–Kier alpha value is -2.61. The van der Waals surface area contributed by atoms with Gasteiger partial charge in [0, 0.05) is 24.8 Å². The number of rotatable bonds is 4. The fourth-order valence-corrected chi connectivity index (χ4v) is 3.27. The molecule has 0 aromatic carbocycles. The van der Waals surface area contributed by atoms with E-state index in [4.69, 9.17) is 16.3 Å². The van der Waals surface area contributed by atoms with Crippen molar-refractivity contribution >= 4 is 40.5 Å². The number of ether oxygens (including phenoxy) is 1. The summed E-state index contributed by atoms with van der Waals surface area (Å²) in [6.45, 7) is 6.16. The fourth-order valence-electron chi connectivity index (χ4n) is 3.17. The minimum atomic E-state index is -0.603. The lowest BCUT2D eigenvalue weighted by molar-refractivity contribution is -0.129. The number of carbonyl (C=O) groups excluding carboxylic acids is 2. The van der Waals surface area contributed by atoms with Crippen LogP contribution in [0.3, 0.4) is 0 Å². The van der Waals surface area contributed by atoms with Crippen molar-refractivity contribution in [3.63, 3.8) is 0 Å². The van der Waals surface area contributed by atoms with Crippen LogP contribution < -0.4 is 5.32 Å². The van der Waals surface area contributed by atoms with Crippen molar-refractivity contribution in [1.29, 1.82) is 0 Å². The summed E-state index contributed by atoms with van der Waals surface area (Å²) in [4.78, 5) is 34.2. The molecule has 138 valence electrons. The third kappa shape index (κ3) is 3.50. The van der Waals surface area contributed by atoms with Crippen LogP contribution in [-0.4, -0.2) is 56.1 Å². The number of likely N-dealkylation sites (tertiary alicyclic amines) is 1. The maximum absolute atomic E-state index is 12.0. The zero-order chi connectivity index (χ0) is 18.7. The van der Waals surface area contributed by atoms with Gasteiger partial charge in [0.1, 0.15) is 12.1 Å². The van der Waals surface area contributed by atoms with Crippen LogP contribution in [-0.2, 0) is 9.53 Å². The number of amides is 1. The minimum Gasteiger partial charge on any atom is -0.433 e. The van der Waals surface area contributed by atoms with Gasteiger partial charge in [-0.1, -0.05) is 18.2 Å². The Kier molecular flexibility index (Phi) is 5.41. The van der Waals surface area contributed by atoms with E-state index in [0.29, 0.717) is 23.4 Å². The predicted octanol–water partition coefficient (Wildman–Crippen LogP) is 2.59. The van der Waals surface area contributed by atoms with E-state index in [1.807, 2.05) is 6.92 Å². The second-order valence-electron chi connectivity index (χ2n) is 6.13. The average Bonchev–Trinajstić information content (AvgIpc) is 3.08. The Bertz CT molecular complexity index is 837. The van der Waals surface area contributed by atoms with Crippen molar-refractivity contribution in [2.24, 2.45) is 0 Å². The highest BCUT2D eigenvalue weighted by molar-refractivity contribution is 6.17. The lowest BCUT2D eigenvalue weighted by atomic mass is 9.99. The van der Waals surface area contributed by atoms with Gasteiger partial charge in [-0.05, 0) is 31.9 Å². The van der Waals surface area contributed by atoms with E-state index >= 15 is 0 Å². The van der Waals surface area contributed by atoms with E-state index in [-0.39, 0.29) is 24.1 Å². The lowest BCUT2D eigenvalue weighted by Gasteiger charge is -2.38. The average molecular weight is 378 g/mol. The Morgan fingerprint density at radius 1 is 1.46 bits per heavy atom. The van der Waals surface area contributed by atoms with Gasteiger partial charge in [-0.15, -0.1) is 0 Å². The van der Waals surface area contributed by atoms with E-state index in [2.05, 4.69) is 21.9 Å². The maximum Gasteiger partial charge on any atom is 0.420 e. The quantitative estimate of drug-likeness (QED) is 0.650. The first kappa shape index (κ1) is 18.2. The molecule has 3 heterocycles. The third-order valence-corrected chi connectivity index (χ3v) is 4.65. The van der Waals surface area contributed by atoms with Gasteiger partial charge < -0.3 is 15.0 Å². The zero-order valence-electron chi connectivity index (χ0n) is 14.4. The first-order valence-electron chi connectivity index (χ1n) is 8.30. The van der Waals surface area contributed by atoms with Crippen molar-refractivity contribution in [2.45, 2.75) is 31.8 Å². The van der Waals surface area contributed by atoms with E-state index < -0.39 is 6.09 Å². The van der Waals surface area contributed by atoms with Crippen LogP contribution in [0.4, 0.5) is 10.6 Å². The van der Waals surface area contributed by atoms with Crippen LogP contribution in [0.2, 0.25) is 0 Å². The number of aromatic nitrogens is 3. The molecule has 1 saturated heterocycles. The minimum absolute atomic E-state index is 0.0475. The standard InChI is InChI=1S/C17H20ClN5O3/c1-3-14(24)23-8-12(5-4-11(23)2)21-15-13-6-7-22(17(25)26-9-18)16(13)20-10-19-15/h3,6-7,10-12H,1,4-5,8-9H2,2H3,(H,19,20,21)/t11-,12+/m0/s1. The summed E-state index contributed by atoms with van der Waals surface area (Å²) >= 11 is 5.45. The van der Waals surface area contributed by atoms with Crippen LogP contribution in [0.15, 0.2) is 31.2 Å². The summed E-state index contributed by atoms with van der Waals surface area (Å²) in [6.07, 6.45) is 5.47. The molecule has 2 aromatic heterocycles. The topological polar surface area (TPSA) is 89.4 Å². The number of halogens is 1. The van der Waals surface area contributed by atoms with E-state index in [1.54, 1.807) is 17.2 Å². The number of hydrogen-bond donors (Lipinski definition) is 1. The summed E-state index contributed by atoms with van der Waals surface area (Å²) < 4.78 is 6.08. The predicted molar refractivity (Wildman–Crippen MR) is 98.1 cm³/mol. The highest BCUT2D eigenvalue weighted by Crippen LogP contribution is 2.25. The van der Waals surface area contributed by atoms with Gasteiger partial charge in [0.2, 0.25) is 5.91 Å². The van der Waals surface area contributed by atoms with Gasteiger partial charge in [-0.2, -0.15) is 0 Å². The Labute approximate surface area is 155 Å². The monoisotopic (exact) mass is 377 g/mol. The van der Waals surface area contributed by atoms with Gasteiger partial charge >= 0.3 is 6.09 Å². The molecule has 1 aliphatic heterocycles. The molecule has 1 aliphatic rings. The summed E-state index contributed by atoms with van der Waals surface area (Å²) in [6, 6.07) is 1.73. The van der Waals surface area contributed by atoms with Crippen molar-refractivity contribution in [3.05, 3.63) is 31.2 Å². The maximum atomic E-state index is 12.0. The smallest absolute Gasteiger partial charge is 0.420 e. The SMILES string of the molecule is C=CC(=O)N1C[C@H](Nc2ncnc3c2ccn3C(=O)OCCl)CC[C@@H]1C. The van der Waals surface area contributed by atoms with Crippen LogP contribution in [0, 0.1) is 0 Å². The Morgan fingerprint density at radius 3 is 3.00 bits per heavy atom. The molecule has 9 heteroatoms. The van der Waals surface area contributed by atoms with Gasteiger partial charge in [-0.25, -0.2) is 19.3 Å². The molecule has 26 heavy (non-hydrogen) atoms. The highest BCUT2D eigenvalue weighted by Gasteiger charge is 2.28. The highest BCUT2D eigenvalue weighted by atomic mass is 35.5. The molecular weight excluding hydrogens is 358 g/mol. The Balaban J connectivity index is 1.82. The number of nitrogens with zero attached hydrogens (tertiary/aromatic N) is 4. The summed E-state index contributed by atoms with van der Waals surface area (Å²) in [5, 5.41) is 4.06. The zero-order valence-corrected chi connectivity index (χ0v) is 15.1. The van der Waals surface area contributed by atoms with Gasteiger partial charge in [0.25, 0.3) is 0 Å². The van der Waals surface area contributed by atoms with E-state index in [0.717, 1.165) is 12.8 Å².